The molecule has 4 rings (SSSR count). The van der Waals surface area contributed by atoms with Crippen molar-refractivity contribution < 1.29 is 4.79 Å². The zero-order valence-corrected chi connectivity index (χ0v) is 18.3. The summed E-state index contributed by atoms with van der Waals surface area (Å²) in [6.07, 6.45) is 3.30. The zero-order chi connectivity index (χ0) is 22.0. The van der Waals surface area contributed by atoms with Gasteiger partial charge in [-0.25, -0.2) is 15.0 Å². The van der Waals surface area contributed by atoms with E-state index < -0.39 is 0 Å². The Kier molecular flexibility index (Phi) is 5.97. The van der Waals surface area contributed by atoms with Crippen molar-refractivity contribution in [1.82, 2.24) is 24.4 Å². The average Bonchev–Trinajstić information content (AvgIpc) is 2.76. The monoisotopic (exact) mass is 420 g/mol. The third kappa shape index (κ3) is 4.57. The van der Waals surface area contributed by atoms with E-state index in [0.717, 1.165) is 25.9 Å². The minimum atomic E-state index is -0.382. The van der Waals surface area contributed by atoms with Crippen LogP contribution in [-0.2, 0) is 11.3 Å². The fraction of sp³-hybridized carbons (Fsp3) is 0.435. The lowest BCUT2D eigenvalue weighted by Crippen LogP contribution is -2.44. The number of anilines is 1. The zero-order valence-electron chi connectivity index (χ0n) is 18.3. The van der Waals surface area contributed by atoms with Crippen LogP contribution in [0.1, 0.15) is 43.5 Å². The van der Waals surface area contributed by atoms with Gasteiger partial charge in [-0.1, -0.05) is 12.1 Å². The molecule has 0 radical (unpaired) electrons. The van der Waals surface area contributed by atoms with Crippen LogP contribution in [0.5, 0.6) is 0 Å². The summed E-state index contributed by atoms with van der Waals surface area (Å²) in [7, 11) is 0. The van der Waals surface area contributed by atoms with E-state index in [0.29, 0.717) is 34.1 Å². The molecule has 8 nitrogen and oxygen atoms in total. The van der Waals surface area contributed by atoms with Crippen molar-refractivity contribution in [1.29, 1.82) is 0 Å². The molecule has 31 heavy (non-hydrogen) atoms. The lowest BCUT2D eigenvalue weighted by molar-refractivity contribution is -0.132. The molecule has 0 aliphatic carbocycles. The number of benzene rings is 1. The Balaban J connectivity index is 1.56. The van der Waals surface area contributed by atoms with Crippen LogP contribution < -0.4 is 10.9 Å². The number of amides is 1. The van der Waals surface area contributed by atoms with E-state index in [2.05, 4.69) is 20.3 Å². The first kappa shape index (κ1) is 21.0. The second-order valence-electron chi connectivity index (χ2n) is 8.11. The number of nitrogens with zero attached hydrogens (tertiary/aromatic N) is 5. The number of carbonyl (C=O) groups excluding carboxylic acids is 1. The lowest BCUT2D eigenvalue weighted by Gasteiger charge is -2.29. The smallest absolute Gasteiger partial charge is 0.261 e. The minimum Gasteiger partial charge on any atom is -0.359 e. The van der Waals surface area contributed by atoms with E-state index >= 15 is 0 Å². The molecule has 0 bridgehead atoms. The maximum Gasteiger partial charge on any atom is 0.261 e. The van der Waals surface area contributed by atoms with E-state index in [1.54, 1.807) is 23.6 Å². The van der Waals surface area contributed by atoms with Gasteiger partial charge in [-0.2, -0.15) is 0 Å². The highest BCUT2D eigenvalue weighted by Gasteiger charge is 2.22. The Labute approximate surface area is 181 Å². The fourth-order valence-corrected chi connectivity index (χ4v) is 4.08. The molecule has 3 heterocycles. The van der Waals surface area contributed by atoms with Gasteiger partial charge in [-0.15, -0.1) is 0 Å². The normalized spacial score (nSPS) is 15.1. The number of hydrogen-bond donors (Lipinski definition) is 1. The molecular weight excluding hydrogens is 392 g/mol. The number of piperidine rings is 1. The van der Waals surface area contributed by atoms with Gasteiger partial charge in [-0.05, 0) is 52.2 Å². The summed E-state index contributed by atoms with van der Waals surface area (Å²) in [5, 5.41) is 3.80. The largest absolute Gasteiger partial charge is 0.359 e. The average molecular weight is 421 g/mol. The van der Waals surface area contributed by atoms with Gasteiger partial charge in [-0.3, -0.25) is 14.2 Å². The second-order valence-corrected chi connectivity index (χ2v) is 8.11. The molecule has 3 aromatic rings. The van der Waals surface area contributed by atoms with Gasteiger partial charge in [0.2, 0.25) is 5.91 Å². The molecule has 1 aliphatic rings. The number of aromatic nitrogens is 4. The molecule has 1 N–H and O–H groups in total. The highest BCUT2D eigenvalue weighted by molar-refractivity contribution is 5.84. The summed E-state index contributed by atoms with van der Waals surface area (Å²) < 4.78 is 1.62. The summed E-state index contributed by atoms with van der Waals surface area (Å²) in [4.78, 5) is 41.1. The number of carbonyl (C=O) groups is 1. The van der Waals surface area contributed by atoms with Crippen LogP contribution in [0.3, 0.4) is 0 Å². The van der Waals surface area contributed by atoms with E-state index in [9.17, 15) is 9.59 Å². The van der Waals surface area contributed by atoms with Crippen LogP contribution in [0.2, 0.25) is 0 Å². The topological polar surface area (TPSA) is 93.0 Å². The van der Waals surface area contributed by atoms with Crippen molar-refractivity contribution in [3.8, 4) is 0 Å². The van der Waals surface area contributed by atoms with Crippen LogP contribution in [0.4, 0.5) is 5.82 Å². The first-order valence-electron chi connectivity index (χ1n) is 10.8. The van der Waals surface area contributed by atoms with Crippen molar-refractivity contribution >= 4 is 22.6 Å². The SMILES string of the molecule is Cc1nc(Cn2c(C)nc3ccccc3c2=O)cc(NC(C)C(=O)N2CCCCC2)n1. The molecule has 1 amide bonds. The Bertz CT molecular complexity index is 1170. The summed E-state index contributed by atoms with van der Waals surface area (Å²) in [6, 6.07) is 8.75. The third-order valence-electron chi connectivity index (χ3n) is 5.67. The minimum absolute atomic E-state index is 0.0864. The lowest BCUT2D eigenvalue weighted by atomic mass is 10.1. The van der Waals surface area contributed by atoms with Crippen LogP contribution in [0.25, 0.3) is 10.9 Å². The Morgan fingerprint density at radius 2 is 1.84 bits per heavy atom. The Morgan fingerprint density at radius 3 is 2.61 bits per heavy atom. The fourth-order valence-electron chi connectivity index (χ4n) is 4.08. The predicted molar refractivity (Wildman–Crippen MR) is 120 cm³/mol. The first-order chi connectivity index (χ1) is 14.9. The molecule has 0 saturated carbocycles. The summed E-state index contributed by atoms with van der Waals surface area (Å²) in [6.45, 7) is 7.40. The van der Waals surface area contributed by atoms with Crippen LogP contribution in [0, 0.1) is 13.8 Å². The maximum absolute atomic E-state index is 13.0. The van der Waals surface area contributed by atoms with Gasteiger partial charge in [0.05, 0.1) is 23.1 Å². The molecule has 1 fully saturated rings. The van der Waals surface area contributed by atoms with Crippen molar-refractivity contribution in [2.75, 3.05) is 18.4 Å². The molecule has 8 heteroatoms. The van der Waals surface area contributed by atoms with E-state index in [4.69, 9.17) is 0 Å². The molecule has 0 spiro atoms. The number of aryl methyl sites for hydroxylation is 2. The van der Waals surface area contributed by atoms with E-state index in [1.165, 1.54) is 6.42 Å². The Hall–Kier alpha value is -3.29. The van der Waals surface area contributed by atoms with Crippen LogP contribution >= 0.6 is 0 Å². The third-order valence-corrected chi connectivity index (χ3v) is 5.67. The molecular formula is C23H28N6O2. The van der Waals surface area contributed by atoms with Crippen LogP contribution in [0.15, 0.2) is 35.1 Å². The van der Waals surface area contributed by atoms with Gasteiger partial charge in [0.15, 0.2) is 0 Å². The predicted octanol–water partition coefficient (Wildman–Crippen LogP) is 2.66. The van der Waals surface area contributed by atoms with Gasteiger partial charge in [0, 0.05) is 19.2 Å². The van der Waals surface area contributed by atoms with Crippen molar-refractivity contribution in [2.45, 2.75) is 52.6 Å². The number of likely N-dealkylation sites (tertiary alicyclic amines) is 1. The van der Waals surface area contributed by atoms with Crippen LogP contribution in [-0.4, -0.2) is 49.5 Å². The molecule has 2 aromatic heterocycles. The molecule has 1 unspecified atom stereocenters. The quantitative estimate of drug-likeness (QED) is 0.682. The summed E-state index contributed by atoms with van der Waals surface area (Å²) >= 11 is 0. The van der Waals surface area contributed by atoms with Gasteiger partial charge >= 0.3 is 0 Å². The Morgan fingerprint density at radius 1 is 1.10 bits per heavy atom. The summed E-state index contributed by atoms with van der Waals surface area (Å²) in [5.41, 5.74) is 1.28. The standard InChI is InChI=1S/C23H28N6O2/c1-15(22(30)28-11-7-4-8-12-28)24-21-13-18(25-16(2)26-21)14-29-17(3)27-20-10-6-5-9-19(20)23(29)31/h5-6,9-10,13,15H,4,7-8,11-12,14H2,1-3H3,(H,24,25,26). The van der Waals surface area contributed by atoms with Crippen molar-refractivity contribution in [3.63, 3.8) is 0 Å². The van der Waals surface area contributed by atoms with Crippen molar-refractivity contribution in [3.05, 3.63) is 58.0 Å². The number of hydrogen-bond acceptors (Lipinski definition) is 6. The number of para-hydroxylation sites is 1. The van der Waals surface area contributed by atoms with Gasteiger partial charge in [0.25, 0.3) is 5.56 Å². The number of nitrogens with one attached hydrogen (secondary N) is 1. The molecule has 1 aromatic carbocycles. The highest BCUT2D eigenvalue weighted by Crippen LogP contribution is 2.14. The van der Waals surface area contributed by atoms with E-state index in [-0.39, 0.29) is 24.1 Å². The van der Waals surface area contributed by atoms with Gasteiger partial charge < -0.3 is 10.2 Å². The first-order valence-corrected chi connectivity index (χ1v) is 10.8. The molecule has 1 atom stereocenters. The van der Waals surface area contributed by atoms with E-state index in [1.807, 2.05) is 36.9 Å². The number of fused-ring (bicyclic) bond motifs is 1. The molecule has 162 valence electrons. The molecule has 1 saturated heterocycles. The summed E-state index contributed by atoms with van der Waals surface area (Å²) in [5.74, 6) is 1.88. The number of rotatable bonds is 5. The van der Waals surface area contributed by atoms with Crippen molar-refractivity contribution in [2.24, 2.45) is 0 Å². The maximum atomic E-state index is 13.0. The highest BCUT2D eigenvalue weighted by atomic mass is 16.2. The second kappa shape index (κ2) is 8.83. The molecule has 1 aliphatic heterocycles. The van der Waals surface area contributed by atoms with Gasteiger partial charge in [0.1, 0.15) is 23.5 Å².